The predicted octanol–water partition coefficient (Wildman–Crippen LogP) is 7.26. The van der Waals surface area contributed by atoms with Gasteiger partial charge in [-0.25, -0.2) is 8.42 Å². The van der Waals surface area contributed by atoms with E-state index in [9.17, 15) is 8.42 Å². The standard InChI is InChI=1S/C30H30O4S/c1-21-6-15-27(16-7-21)35(31,32)28-17-13-26(14-18-28)34-29-19-10-24(20-22(29)2)30(3,4)23-8-11-25(33-5)12-9-23/h6-20H,1-5H3. The first-order valence-electron chi connectivity index (χ1n) is 11.5. The number of hydrogen-bond donors (Lipinski definition) is 0. The van der Waals surface area contributed by atoms with Gasteiger partial charge in [-0.15, -0.1) is 0 Å². The molecule has 0 spiro atoms. The molecule has 0 fully saturated rings. The molecule has 0 aliphatic heterocycles. The molecular weight excluding hydrogens is 456 g/mol. The van der Waals surface area contributed by atoms with Crippen molar-refractivity contribution in [1.82, 2.24) is 0 Å². The molecule has 0 aromatic heterocycles. The SMILES string of the molecule is COc1ccc(C(C)(C)c2ccc(Oc3ccc(S(=O)(=O)c4ccc(C)cc4)cc3)c(C)c2)cc1. The van der Waals surface area contributed by atoms with Gasteiger partial charge in [-0.1, -0.05) is 55.8 Å². The predicted molar refractivity (Wildman–Crippen MR) is 139 cm³/mol. The number of rotatable bonds is 7. The summed E-state index contributed by atoms with van der Waals surface area (Å²) in [6.07, 6.45) is 0. The van der Waals surface area contributed by atoms with Crippen molar-refractivity contribution in [3.8, 4) is 17.2 Å². The monoisotopic (exact) mass is 486 g/mol. The number of ether oxygens (including phenoxy) is 2. The van der Waals surface area contributed by atoms with Gasteiger partial charge in [0.15, 0.2) is 0 Å². The molecule has 0 saturated heterocycles. The highest BCUT2D eigenvalue weighted by atomic mass is 32.2. The lowest BCUT2D eigenvalue weighted by Gasteiger charge is -2.27. The molecular formula is C30H30O4S. The lowest BCUT2D eigenvalue weighted by molar-refractivity contribution is 0.414. The summed E-state index contributed by atoms with van der Waals surface area (Å²) in [5.74, 6) is 2.15. The Morgan fingerprint density at radius 2 is 1.17 bits per heavy atom. The summed E-state index contributed by atoms with van der Waals surface area (Å²) < 4.78 is 37.2. The summed E-state index contributed by atoms with van der Waals surface area (Å²) in [6.45, 7) is 8.32. The summed E-state index contributed by atoms with van der Waals surface area (Å²) in [7, 11) is -1.90. The van der Waals surface area contributed by atoms with Gasteiger partial charge in [0.1, 0.15) is 17.2 Å². The minimum Gasteiger partial charge on any atom is -0.497 e. The first kappa shape index (κ1) is 24.6. The molecule has 4 nitrogen and oxygen atoms in total. The second kappa shape index (κ2) is 9.59. The molecule has 5 heteroatoms. The molecule has 0 amide bonds. The van der Waals surface area contributed by atoms with E-state index in [1.165, 1.54) is 11.1 Å². The maximum Gasteiger partial charge on any atom is 0.206 e. The number of hydrogen-bond acceptors (Lipinski definition) is 4. The second-order valence-electron chi connectivity index (χ2n) is 9.22. The Bertz CT molecular complexity index is 1420. The van der Waals surface area contributed by atoms with Gasteiger partial charge in [0.2, 0.25) is 9.84 Å². The van der Waals surface area contributed by atoms with Crippen molar-refractivity contribution in [3.05, 3.63) is 113 Å². The van der Waals surface area contributed by atoms with Gasteiger partial charge < -0.3 is 9.47 Å². The van der Waals surface area contributed by atoms with Crippen LogP contribution >= 0.6 is 0 Å². The van der Waals surface area contributed by atoms with Crippen LogP contribution in [0.3, 0.4) is 0 Å². The van der Waals surface area contributed by atoms with E-state index in [0.717, 1.165) is 22.6 Å². The Balaban J connectivity index is 1.53. The number of sulfone groups is 1. The van der Waals surface area contributed by atoms with Crippen LogP contribution in [0.1, 0.15) is 36.1 Å². The Morgan fingerprint density at radius 1 is 0.657 bits per heavy atom. The number of benzene rings is 4. The van der Waals surface area contributed by atoms with Gasteiger partial charge in [-0.3, -0.25) is 0 Å². The molecule has 0 N–H and O–H groups in total. The van der Waals surface area contributed by atoms with Crippen molar-refractivity contribution >= 4 is 9.84 Å². The Hall–Kier alpha value is -3.57. The molecule has 0 atom stereocenters. The van der Waals surface area contributed by atoms with Gasteiger partial charge >= 0.3 is 0 Å². The fourth-order valence-electron chi connectivity index (χ4n) is 3.99. The van der Waals surface area contributed by atoms with E-state index < -0.39 is 9.84 Å². The molecule has 4 aromatic rings. The molecule has 0 bridgehead atoms. The van der Waals surface area contributed by atoms with Crippen LogP contribution in [-0.2, 0) is 15.3 Å². The lowest BCUT2D eigenvalue weighted by atomic mass is 9.77. The third kappa shape index (κ3) is 5.10. The van der Waals surface area contributed by atoms with Gasteiger partial charge in [0, 0.05) is 5.41 Å². The van der Waals surface area contributed by atoms with Crippen LogP contribution in [-0.4, -0.2) is 15.5 Å². The summed E-state index contributed by atoms with van der Waals surface area (Å²) in [6, 6.07) is 27.7. The zero-order valence-corrected chi connectivity index (χ0v) is 21.5. The largest absolute Gasteiger partial charge is 0.497 e. The third-order valence-electron chi connectivity index (χ3n) is 6.40. The van der Waals surface area contributed by atoms with Crippen molar-refractivity contribution in [3.63, 3.8) is 0 Å². The van der Waals surface area contributed by atoms with E-state index in [1.807, 2.05) is 32.0 Å². The first-order valence-corrected chi connectivity index (χ1v) is 12.9. The van der Waals surface area contributed by atoms with Gasteiger partial charge in [0.25, 0.3) is 0 Å². The maximum absolute atomic E-state index is 12.9. The summed E-state index contributed by atoms with van der Waals surface area (Å²) >= 11 is 0. The smallest absolute Gasteiger partial charge is 0.206 e. The number of methoxy groups -OCH3 is 1. The first-order chi connectivity index (χ1) is 16.6. The van der Waals surface area contributed by atoms with Gasteiger partial charge in [0.05, 0.1) is 16.9 Å². The zero-order valence-electron chi connectivity index (χ0n) is 20.7. The second-order valence-corrected chi connectivity index (χ2v) is 11.2. The molecule has 0 heterocycles. The lowest BCUT2D eigenvalue weighted by Crippen LogP contribution is -2.19. The van der Waals surface area contributed by atoms with Crippen LogP contribution in [0.4, 0.5) is 0 Å². The molecule has 0 aliphatic carbocycles. The molecule has 0 radical (unpaired) electrons. The minimum atomic E-state index is -3.57. The molecule has 180 valence electrons. The van der Waals surface area contributed by atoms with Crippen LogP contribution in [0.25, 0.3) is 0 Å². The van der Waals surface area contributed by atoms with Crippen LogP contribution in [0.15, 0.2) is 101 Å². The quantitative estimate of drug-likeness (QED) is 0.276. The van der Waals surface area contributed by atoms with Crippen LogP contribution in [0.5, 0.6) is 17.2 Å². The Morgan fingerprint density at radius 3 is 1.71 bits per heavy atom. The topological polar surface area (TPSA) is 52.6 Å². The fraction of sp³-hybridized carbons (Fsp3) is 0.200. The van der Waals surface area contributed by atoms with E-state index >= 15 is 0 Å². The minimum absolute atomic E-state index is 0.193. The Kier molecular flexibility index (Phi) is 6.73. The fourth-order valence-corrected chi connectivity index (χ4v) is 5.26. The highest BCUT2D eigenvalue weighted by molar-refractivity contribution is 7.91. The van der Waals surface area contributed by atoms with Crippen molar-refractivity contribution in [2.75, 3.05) is 7.11 Å². The van der Waals surface area contributed by atoms with E-state index in [-0.39, 0.29) is 15.2 Å². The van der Waals surface area contributed by atoms with Crippen LogP contribution in [0.2, 0.25) is 0 Å². The average Bonchev–Trinajstić information content (AvgIpc) is 2.86. The highest BCUT2D eigenvalue weighted by Gasteiger charge is 2.24. The third-order valence-corrected chi connectivity index (χ3v) is 8.19. The van der Waals surface area contributed by atoms with Crippen molar-refractivity contribution in [1.29, 1.82) is 0 Å². The molecule has 0 saturated carbocycles. The van der Waals surface area contributed by atoms with Crippen molar-refractivity contribution in [2.45, 2.75) is 42.9 Å². The van der Waals surface area contributed by atoms with Crippen molar-refractivity contribution < 1.29 is 17.9 Å². The van der Waals surface area contributed by atoms with E-state index in [4.69, 9.17) is 9.47 Å². The van der Waals surface area contributed by atoms with Gasteiger partial charge in [-0.05, 0) is 85.1 Å². The average molecular weight is 487 g/mol. The van der Waals surface area contributed by atoms with Crippen LogP contribution in [0, 0.1) is 13.8 Å². The molecule has 4 aromatic carbocycles. The molecule has 0 unspecified atom stereocenters. The van der Waals surface area contributed by atoms with E-state index in [1.54, 1.807) is 55.6 Å². The van der Waals surface area contributed by atoms with Crippen molar-refractivity contribution in [2.24, 2.45) is 0 Å². The van der Waals surface area contributed by atoms with E-state index in [0.29, 0.717) is 5.75 Å². The van der Waals surface area contributed by atoms with Crippen LogP contribution < -0.4 is 9.47 Å². The summed E-state index contributed by atoms with van der Waals surface area (Å²) in [5.41, 5.74) is 4.19. The molecule has 4 rings (SSSR count). The Labute approximate surface area is 208 Å². The normalized spacial score (nSPS) is 11.8. The van der Waals surface area contributed by atoms with Gasteiger partial charge in [-0.2, -0.15) is 0 Å². The zero-order chi connectivity index (χ0) is 25.2. The highest BCUT2D eigenvalue weighted by Crippen LogP contribution is 2.36. The molecule has 35 heavy (non-hydrogen) atoms. The summed E-state index contributed by atoms with van der Waals surface area (Å²) in [5, 5.41) is 0. The number of aryl methyl sites for hydroxylation is 2. The maximum atomic E-state index is 12.9. The molecule has 0 aliphatic rings. The summed E-state index contributed by atoms with van der Waals surface area (Å²) in [4.78, 5) is 0.518. The van der Waals surface area contributed by atoms with E-state index in [2.05, 4.69) is 38.1 Å².